The van der Waals surface area contributed by atoms with E-state index in [1.54, 1.807) is 30.3 Å². The molecule has 5 heteroatoms. The van der Waals surface area contributed by atoms with Crippen LogP contribution in [0.3, 0.4) is 0 Å². The summed E-state index contributed by atoms with van der Waals surface area (Å²) in [7, 11) is 1.53. The fourth-order valence-electron chi connectivity index (χ4n) is 1.95. The molecule has 2 aromatic carbocycles. The summed E-state index contributed by atoms with van der Waals surface area (Å²) in [5.41, 5.74) is 1.63. The average Bonchev–Trinajstić information content (AvgIpc) is 2.55. The van der Waals surface area contributed by atoms with Crippen LogP contribution in [0.4, 0.5) is 0 Å². The van der Waals surface area contributed by atoms with Gasteiger partial charge in [-0.3, -0.25) is 0 Å². The van der Waals surface area contributed by atoms with Crippen molar-refractivity contribution in [2.75, 3.05) is 20.3 Å². The standard InChI is InChI=1S/C18H18O5/c1-13-6-3-4-9-16(13)18(20)23-15-8-5-7-14(12-15)17(19)22-11-10-21-2/h3-9,12H,10-11H2,1-2H3. The quantitative estimate of drug-likeness (QED) is 0.466. The van der Waals surface area contributed by atoms with E-state index in [1.807, 2.05) is 19.1 Å². The van der Waals surface area contributed by atoms with Gasteiger partial charge in [0.1, 0.15) is 12.4 Å². The SMILES string of the molecule is COCCOC(=O)c1cccc(OC(=O)c2ccccc2C)c1. The van der Waals surface area contributed by atoms with Crippen molar-refractivity contribution >= 4 is 11.9 Å². The molecule has 0 aliphatic heterocycles. The third-order valence-corrected chi connectivity index (χ3v) is 3.17. The number of carbonyl (C=O) groups excluding carboxylic acids is 2. The molecule has 0 fully saturated rings. The first-order chi connectivity index (χ1) is 11.1. The number of aryl methyl sites for hydroxylation is 1. The summed E-state index contributed by atoms with van der Waals surface area (Å²) in [4.78, 5) is 24.0. The summed E-state index contributed by atoms with van der Waals surface area (Å²) in [5.74, 6) is -0.664. The van der Waals surface area contributed by atoms with E-state index in [0.29, 0.717) is 23.5 Å². The van der Waals surface area contributed by atoms with Crippen molar-refractivity contribution in [1.29, 1.82) is 0 Å². The van der Waals surface area contributed by atoms with E-state index < -0.39 is 11.9 Å². The maximum atomic E-state index is 12.2. The summed E-state index contributed by atoms with van der Waals surface area (Å²) >= 11 is 0. The summed E-state index contributed by atoms with van der Waals surface area (Å²) < 4.78 is 15.2. The van der Waals surface area contributed by atoms with Gasteiger partial charge in [-0.2, -0.15) is 0 Å². The molecule has 2 aromatic rings. The van der Waals surface area contributed by atoms with Gasteiger partial charge in [0.2, 0.25) is 0 Å². The fraction of sp³-hybridized carbons (Fsp3) is 0.222. The second-order valence-corrected chi connectivity index (χ2v) is 4.86. The van der Waals surface area contributed by atoms with Crippen LogP contribution in [0, 0.1) is 6.92 Å². The van der Waals surface area contributed by atoms with Crippen LogP contribution in [0.2, 0.25) is 0 Å². The minimum atomic E-state index is -0.490. The minimum Gasteiger partial charge on any atom is -0.460 e. The summed E-state index contributed by atoms with van der Waals surface area (Å²) in [6, 6.07) is 13.5. The van der Waals surface area contributed by atoms with Gasteiger partial charge in [0.25, 0.3) is 0 Å². The van der Waals surface area contributed by atoms with Gasteiger partial charge < -0.3 is 14.2 Å². The third-order valence-electron chi connectivity index (χ3n) is 3.17. The van der Waals surface area contributed by atoms with E-state index in [4.69, 9.17) is 14.2 Å². The molecule has 0 unspecified atom stereocenters. The smallest absolute Gasteiger partial charge is 0.343 e. The van der Waals surface area contributed by atoms with Crippen LogP contribution in [0.1, 0.15) is 26.3 Å². The third kappa shape index (κ3) is 4.66. The fourth-order valence-corrected chi connectivity index (χ4v) is 1.95. The maximum absolute atomic E-state index is 12.2. The molecule has 0 aromatic heterocycles. The first-order valence-corrected chi connectivity index (χ1v) is 7.15. The number of methoxy groups -OCH3 is 1. The number of benzene rings is 2. The first kappa shape index (κ1) is 16.7. The monoisotopic (exact) mass is 314 g/mol. The Labute approximate surface area is 134 Å². The van der Waals surface area contributed by atoms with E-state index in [9.17, 15) is 9.59 Å². The molecule has 0 N–H and O–H groups in total. The predicted octanol–water partition coefficient (Wildman–Crippen LogP) is 3.02. The molecule has 2 rings (SSSR count). The molecular weight excluding hydrogens is 296 g/mol. The van der Waals surface area contributed by atoms with Crippen LogP contribution in [0.25, 0.3) is 0 Å². The van der Waals surface area contributed by atoms with Gasteiger partial charge >= 0.3 is 11.9 Å². The summed E-state index contributed by atoms with van der Waals surface area (Å²) in [5, 5.41) is 0. The van der Waals surface area contributed by atoms with Crippen LogP contribution >= 0.6 is 0 Å². The molecule has 0 saturated carbocycles. The van der Waals surface area contributed by atoms with E-state index in [2.05, 4.69) is 0 Å². The van der Waals surface area contributed by atoms with Gasteiger partial charge in [-0.05, 0) is 36.8 Å². The van der Waals surface area contributed by atoms with Crippen molar-refractivity contribution in [3.8, 4) is 5.75 Å². The van der Waals surface area contributed by atoms with Crippen LogP contribution in [0.5, 0.6) is 5.75 Å². The molecule has 0 atom stereocenters. The molecule has 0 aliphatic carbocycles. The zero-order valence-electron chi connectivity index (χ0n) is 13.1. The highest BCUT2D eigenvalue weighted by Gasteiger charge is 2.13. The normalized spacial score (nSPS) is 10.2. The van der Waals surface area contributed by atoms with Crippen molar-refractivity contribution in [3.63, 3.8) is 0 Å². The molecule has 0 bridgehead atoms. The summed E-state index contributed by atoms with van der Waals surface area (Å²) in [6.45, 7) is 2.33. The lowest BCUT2D eigenvalue weighted by Gasteiger charge is -2.08. The molecule has 5 nitrogen and oxygen atoms in total. The number of hydrogen-bond acceptors (Lipinski definition) is 5. The molecular formula is C18H18O5. The van der Waals surface area contributed by atoms with Gasteiger partial charge in [-0.1, -0.05) is 24.3 Å². The Kier molecular flexibility index (Phi) is 5.88. The Morgan fingerprint density at radius 3 is 2.48 bits per heavy atom. The number of ether oxygens (including phenoxy) is 3. The molecule has 23 heavy (non-hydrogen) atoms. The molecule has 120 valence electrons. The second kappa shape index (κ2) is 8.10. The van der Waals surface area contributed by atoms with Gasteiger partial charge in [-0.25, -0.2) is 9.59 Å². The van der Waals surface area contributed by atoms with Gasteiger partial charge in [0.15, 0.2) is 0 Å². The highest BCUT2D eigenvalue weighted by Crippen LogP contribution is 2.17. The number of carbonyl (C=O) groups is 2. The van der Waals surface area contributed by atoms with E-state index >= 15 is 0 Å². The Bertz CT molecular complexity index is 693. The van der Waals surface area contributed by atoms with E-state index in [1.165, 1.54) is 13.2 Å². The van der Waals surface area contributed by atoms with Crippen molar-refractivity contribution in [2.45, 2.75) is 6.92 Å². The van der Waals surface area contributed by atoms with Crippen LogP contribution in [-0.2, 0) is 9.47 Å². The average molecular weight is 314 g/mol. The van der Waals surface area contributed by atoms with Crippen molar-refractivity contribution < 1.29 is 23.8 Å². The highest BCUT2D eigenvalue weighted by molar-refractivity contribution is 5.93. The summed E-state index contributed by atoms with van der Waals surface area (Å²) in [6.07, 6.45) is 0. The number of hydrogen-bond donors (Lipinski definition) is 0. The number of esters is 2. The van der Waals surface area contributed by atoms with Crippen LogP contribution in [-0.4, -0.2) is 32.3 Å². The topological polar surface area (TPSA) is 61.8 Å². The van der Waals surface area contributed by atoms with Crippen molar-refractivity contribution in [3.05, 3.63) is 65.2 Å². The molecule has 0 saturated heterocycles. The van der Waals surface area contributed by atoms with E-state index in [-0.39, 0.29) is 6.61 Å². The Morgan fingerprint density at radius 2 is 1.74 bits per heavy atom. The van der Waals surface area contributed by atoms with E-state index in [0.717, 1.165) is 5.56 Å². The van der Waals surface area contributed by atoms with Gasteiger partial charge in [0, 0.05) is 7.11 Å². The Morgan fingerprint density at radius 1 is 0.957 bits per heavy atom. The molecule has 0 spiro atoms. The zero-order valence-corrected chi connectivity index (χ0v) is 13.1. The molecule has 0 heterocycles. The molecule has 0 aliphatic rings. The van der Waals surface area contributed by atoms with Crippen LogP contribution < -0.4 is 4.74 Å². The second-order valence-electron chi connectivity index (χ2n) is 4.86. The van der Waals surface area contributed by atoms with Crippen molar-refractivity contribution in [1.82, 2.24) is 0 Å². The van der Waals surface area contributed by atoms with Crippen LogP contribution in [0.15, 0.2) is 48.5 Å². The predicted molar refractivity (Wildman–Crippen MR) is 84.7 cm³/mol. The lowest BCUT2D eigenvalue weighted by atomic mass is 10.1. The van der Waals surface area contributed by atoms with Gasteiger partial charge in [0.05, 0.1) is 17.7 Å². The largest absolute Gasteiger partial charge is 0.460 e. The zero-order chi connectivity index (χ0) is 16.7. The Balaban J connectivity index is 2.07. The first-order valence-electron chi connectivity index (χ1n) is 7.15. The molecule has 0 amide bonds. The Hall–Kier alpha value is -2.66. The number of rotatable bonds is 6. The van der Waals surface area contributed by atoms with Gasteiger partial charge in [-0.15, -0.1) is 0 Å². The highest BCUT2D eigenvalue weighted by atomic mass is 16.6. The van der Waals surface area contributed by atoms with Crippen molar-refractivity contribution in [2.24, 2.45) is 0 Å². The maximum Gasteiger partial charge on any atom is 0.343 e. The minimum absolute atomic E-state index is 0.169. The lowest BCUT2D eigenvalue weighted by Crippen LogP contribution is -2.12. The lowest BCUT2D eigenvalue weighted by molar-refractivity contribution is 0.0387. The molecule has 0 radical (unpaired) electrons.